The Labute approximate surface area is 157 Å². The molecule has 2 aromatic rings. The van der Waals surface area contributed by atoms with E-state index in [1.54, 1.807) is 19.3 Å². The van der Waals surface area contributed by atoms with Gasteiger partial charge in [-0.25, -0.2) is 13.6 Å². The van der Waals surface area contributed by atoms with Crippen LogP contribution in [0.3, 0.4) is 0 Å². The van der Waals surface area contributed by atoms with Crippen molar-refractivity contribution in [2.45, 2.75) is 18.7 Å². The van der Waals surface area contributed by atoms with Crippen LogP contribution in [-0.4, -0.2) is 28.0 Å². The highest BCUT2D eigenvalue weighted by molar-refractivity contribution is 7.89. The lowest BCUT2D eigenvalue weighted by Gasteiger charge is -2.22. The van der Waals surface area contributed by atoms with Crippen LogP contribution >= 0.6 is 0 Å². The number of primary sulfonamides is 1. The second kappa shape index (κ2) is 7.05. The number of para-hydroxylation sites is 1. The summed E-state index contributed by atoms with van der Waals surface area (Å²) in [7, 11) is -2.40. The summed E-state index contributed by atoms with van der Waals surface area (Å²) in [6, 6.07) is 7.85. The number of benzene rings is 2. The average molecular weight is 388 g/mol. The topological polar surface area (TPSA) is 108 Å². The molecule has 0 bridgehead atoms. The Morgan fingerprint density at radius 3 is 2.63 bits per heavy atom. The Morgan fingerprint density at radius 1 is 1.26 bits per heavy atom. The van der Waals surface area contributed by atoms with Crippen LogP contribution in [0.15, 0.2) is 40.8 Å². The van der Waals surface area contributed by atoms with Crippen LogP contribution in [0.1, 0.15) is 16.7 Å². The standard InChI is InChI=1S/C19H20N2O5S/c1-11-8-16-14(18(25-3)12(11)2)9-13(10-26-16)19(22)21-15-6-4-5-7-17(15)27(20,23)24/h4-9H,10H2,1-3H3,(H,21,22)(H2,20,23,24). The van der Waals surface area contributed by atoms with Crippen molar-refractivity contribution in [3.8, 4) is 11.5 Å². The number of hydrogen-bond donors (Lipinski definition) is 2. The third kappa shape index (κ3) is 3.67. The molecule has 1 aliphatic rings. The lowest BCUT2D eigenvalue weighted by atomic mass is 9.99. The number of amides is 1. The molecule has 27 heavy (non-hydrogen) atoms. The highest BCUT2D eigenvalue weighted by Gasteiger charge is 2.23. The van der Waals surface area contributed by atoms with E-state index in [0.717, 1.165) is 11.1 Å². The Balaban J connectivity index is 1.97. The molecule has 0 saturated heterocycles. The van der Waals surface area contributed by atoms with Gasteiger partial charge in [-0.05, 0) is 49.2 Å². The molecule has 0 radical (unpaired) electrons. The summed E-state index contributed by atoms with van der Waals surface area (Å²) in [5, 5.41) is 7.80. The van der Waals surface area contributed by atoms with E-state index in [2.05, 4.69) is 5.32 Å². The van der Waals surface area contributed by atoms with Crippen molar-refractivity contribution >= 4 is 27.7 Å². The smallest absolute Gasteiger partial charge is 0.255 e. The van der Waals surface area contributed by atoms with Crippen LogP contribution in [-0.2, 0) is 14.8 Å². The Kier molecular flexibility index (Phi) is 4.95. The fourth-order valence-corrected chi connectivity index (χ4v) is 3.61. The molecule has 0 atom stereocenters. The second-order valence-corrected chi connectivity index (χ2v) is 7.75. The SMILES string of the molecule is COc1c(C)c(C)cc2c1C=C(C(=O)Nc1ccccc1S(N)(=O)=O)CO2. The molecular weight excluding hydrogens is 368 g/mol. The molecule has 7 nitrogen and oxygen atoms in total. The quantitative estimate of drug-likeness (QED) is 0.836. The van der Waals surface area contributed by atoms with E-state index in [1.165, 1.54) is 18.2 Å². The van der Waals surface area contributed by atoms with Crippen LogP contribution < -0.4 is 19.9 Å². The molecule has 0 saturated carbocycles. The van der Waals surface area contributed by atoms with E-state index in [4.69, 9.17) is 14.6 Å². The molecule has 2 aromatic carbocycles. The van der Waals surface area contributed by atoms with Gasteiger partial charge in [-0.15, -0.1) is 0 Å². The van der Waals surface area contributed by atoms with Crippen molar-refractivity contribution in [1.29, 1.82) is 0 Å². The van der Waals surface area contributed by atoms with E-state index in [-0.39, 0.29) is 17.2 Å². The number of rotatable bonds is 4. The highest BCUT2D eigenvalue weighted by Crippen LogP contribution is 2.38. The fraction of sp³-hybridized carbons (Fsp3) is 0.211. The van der Waals surface area contributed by atoms with E-state index in [9.17, 15) is 13.2 Å². The minimum absolute atomic E-state index is 0.0576. The molecule has 3 rings (SSSR count). The Hall–Kier alpha value is -2.84. The number of fused-ring (bicyclic) bond motifs is 1. The molecule has 0 unspecified atom stereocenters. The number of anilines is 1. The lowest BCUT2D eigenvalue weighted by Crippen LogP contribution is -2.23. The van der Waals surface area contributed by atoms with E-state index >= 15 is 0 Å². The molecular formula is C19H20N2O5S. The van der Waals surface area contributed by atoms with Crippen molar-refractivity contribution < 1.29 is 22.7 Å². The third-order valence-electron chi connectivity index (χ3n) is 4.43. The summed E-state index contributed by atoms with van der Waals surface area (Å²) in [5.74, 6) is 0.799. The molecule has 1 aliphatic heterocycles. The first-order valence-corrected chi connectivity index (χ1v) is 9.71. The minimum Gasteiger partial charge on any atom is -0.496 e. The van der Waals surface area contributed by atoms with Crippen molar-refractivity contribution in [1.82, 2.24) is 0 Å². The molecule has 0 aliphatic carbocycles. The summed E-state index contributed by atoms with van der Waals surface area (Å²) in [4.78, 5) is 12.5. The van der Waals surface area contributed by atoms with Gasteiger partial charge in [0.2, 0.25) is 10.0 Å². The molecule has 0 aromatic heterocycles. The first kappa shape index (κ1) is 18.9. The maximum absolute atomic E-state index is 12.7. The molecule has 0 fully saturated rings. The monoisotopic (exact) mass is 388 g/mol. The van der Waals surface area contributed by atoms with E-state index < -0.39 is 15.9 Å². The Bertz CT molecular complexity index is 1060. The van der Waals surface area contributed by atoms with Gasteiger partial charge in [-0.3, -0.25) is 4.79 Å². The van der Waals surface area contributed by atoms with Crippen LogP contribution in [0, 0.1) is 13.8 Å². The van der Waals surface area contributed by atoms with Gasteiger partial charge in [-0.2, -0.15) is 0 Å². The summed E-state index contributed by atoms with van der Waals surface area (Å²) < 4.78 is 34.6. The molecule has 142 valence electrons. The van der Waals surface area contributed by atoms with Crippen LogP contribution in [0.4, 0.5) is 5.69 Å². The molecule has 1 amide bonds. The van der Waals surface area contributed by atoms with Gasteiger partial charge < -0.3 is 14.8 Å². The number of nitrogens with one attached hydrogen (secondary N) is 1. The van der Waals surface area contributed by atoms with Gasteiger partial charge in [0.1, 0.15) is 23.0 Å². The van der Waals surface area contributed by atoms with Gasteiger partial charge in [0.25, 0.3) is 5.91 Å². The van der Waals surface area contributed by atoms with Gasteiger partial charge in [-0.1, -0.05) is 12.1 Å². The van der Waals surface area contributed by atoms with Crippen molar-refractivity contribution in [3.05, 3.63) is 52.6 Å². The third-order valence-corrected chi connectivity index (χ3v) is 5.40. The number of aryl methyl sites for hydroxylation is 1. The lowest BCUT2D eigenvalue weighted by molar-refractivity contribution is -0.113. The number of methoxy groups -OCH3 is 1. The summed E-state index contributed by atoms with van der Waals surface area (Å²) in [6.07, 6.45) is 1.69. The maximum Gasteiger partial charge on any atom is 0.255 e. The van der Waals surface area contributed by atoms with Crippen LogP contribution in [0.25, 0.3) is 6.08 Å². The predicted octanol–water partition coefficient (Wildman–Crippen LogP) is 2.37. The average Bonchev–Trinajstić information content (AvgIpc) is 2.62. The number of nitrogens with two attached hydrogens (primary N) is 1. The van der Waals surface area contributed by atoms with Crippen LogP contribution in [0.5, 0.6) is 11.5 Å². The Morgan fingerprint density at radius 2 is 1.96 bits per heavy atom. The van der Waals surface area contributed by atoms with E-state index in [0.29, 0.717) is 22.6 Å². The zero-order valence-corrected chi connectivity index (χ0v) is 16.0. The van der Waals surface area contributed by atoms with Crippen molar-refractivity contribution in [2.24, 2.45) is 5.14 Å². The first-order valence-electron chi connectivity index (χ1n) is 8.17. The fourth-order valence-electron chi connectivity index (χ4n) is 2.92. The predicted molar refractivity (Wildman–Crippen MR) is 102 cm³/mol. The molecule has 8 heteroatoms. The zero-order chi connectivity index (χ0) is 19.8. The number of carbonyl (C=O) groups excluding carboxylic acids is 1. The van der Waals surface area contributed by atoms with Gasteiger partial charge >= 0.3 is 0 Å². The van der Waals surface area contributed by atoms with Crippen molar-refractivity contribution in [3.63, 3.8) is 0 Å². The van der Waals surface area contributed by atoms with Gasteiger partial charge in [0.05, 0.1) is 23.9 Å². The van der Waals surface area contributed by atoms with E-state index in [1.807, 2.05) is 19.9 Å². The van der Waals surface area contributed by atoms with Gasteiger partial charge in [0.15, 0.2) is 0 Å². The zero-order valence-electron chi connectivity index (χ0n) is 15.2. The summed E-state index contributed by atoms with van der Waals surface area (Å²) in [6.45, 7) is 3.94. The molecule has 1 heterocycles. The number of hydrogen-bond acceptors (Lipinski definition) is 5. The number of sulfonamides is 1. The second-order valence-electron chi connectivity index (χ2n) is 6.22. The maximum atomic E-state index is 12.7. The molecule has 0 spiro atoms. The minimum atomic E-state index is -3.96. The number of ether oxygens (including phenoxy) is 2. The highest BCUT2D eigenvalue weighted by atomic mass is 32.2. The van der Waals surface area contributed by atoms with Crippen molar-refractivity contribution in [2.75, 3.05) is 19.0 Å². The van der Waals surface area contributed by atoms with Gasteiger partial charge in [0, 0.05) is 0 Å². The first-order chi connectivity index (χ1) is 12.7. The normalized spacial score (nSPS) is 13.3. The summed E-state index contributed by atoms with van der Waals surface area (Å²) in [5.41, 5.74) is 3.11. The largest absolute Gasteiger partial charge is 0.496 e. The van der Waals surface area contributed by atoms with Crippen LogP contribution in [0.2, 0.25) is 0 Å². The molecule has 3 N–H and O–H groups in total. The number of carbonyl (C=O) groups is 1. The summed E-state index contributed by atoms with van der Waals surface area (Å²) >= 11 is 0.